The van der Waals surface area contributed by atoms with Gasteiger partial charge in [0.1, 0.15) is 0 Å². The van der Waals surface area contributed by atoms with Crippen LogP contribution in [0.5, 0.6) is 0 Å². The van der Waals surface area contributed by atoms with E-state index in [9.17, 15) is 15.8 Å². The normalized spacial score (nSPS) is 11.2. The van der Waals surface area contributed by atoms with E-state index in [2.05, 4.69) is 112 Å². The molecule has 12 rings (SSSR count). The average Bonchev–Trinajstić information content (AvgIpc) is 3.93. The fourth-order valence-corrected chi connectivity index (χ4v) is 9.44. The molecule has 0 bridgehead atoms. The van der Waals surface area contributed by atoms with Crippen LogP contribution in [-0.2, 0) is 0 Å². The van der Waals surface area contributed by atoms with Gasteiger partial charge in [0.15, 0.2) is 17.5 Å². The summed E-state index contributed by atoms with van der Waals surface area (Å²) in [6, 6.07) is 75.8. The largest absolute Gasteiger partial charge is 0.307 e. The second-order valence-corrected chi connectivity index (χ2v) is 16.6. The van der Waals surface area contributed by atoms with Gasteiger partial charge in [0.2, 0.25) is 0 Å². The number of rotatable bonds is 7. The zero-order chi connectivity index (χ0) is 45.7. The highest BCUT2D eigenvalue weighted by Crippen LogP contribution is 2.42. The molecule has 0 unspecified atom stereocenters. The molecule has 9 aromatic carbocycles. The summed E-state index contributed by atoms with van der Waals surface area (Å²) in [5.74, 6) is 1.37. The van der Waals surface area contributed by atoms with E-state index in [1.54, 1.807) is 0 Å². The molecule has 0 fully saturated rings. The first-order chi connectivity index (χ1) is 33.6. The number of nitriles is 3. The molecule has 0 aliphatic carbocycles. The molecule has 3 aromatic heterocycles. The number of nitrogens with zero attached hydrogens (tertiary/aromatic N) is 8. The molecule has 0 aliphatic rings. The van der Waals surface area contributed by atoms with Gasteiger partial charge in [0.05, 0.1) is 68.3 Å². The molecular weight excluding hydrogens is 833 g/mol. The van der Waals surface area contributed by atoms with Crippen LogP contribution in [0.25, 0.3) is 111 Å². The van der Waals surface area contributed by atoms with Crippen LogP contribution in [0.15, 0.2) is 206 Å². The van der Waals surface area contributed by atoms with Gasteiger partial charge in [-0.2, -0.15) is 15.8 Å². The smallest absolute Gasteiger partial charge is 0.165 e. The number of aromatic nitrogens is 5. The standard InChI is InChI=1S/C60H34N8/c61-35-38-19-23-40(24-20-38)44-27-29-54-50(31-44)47-15-7-9-17-52(47)67(54)56-33-46(37-63)49(60-65-58(42-11-3-1-4-12-42)64-59(66-60)43-13-5-2-6-14-43)34-57(56)68-53-18-10-8-16-48(53)51-32-45(28-30-55(51)68)41-25-21-39(36-62)22-26-41/h1-34H. The molecule has 0 saturated carbocycles. The van der Waals surface area contributed by atoms with E-state index in [1.165, 1.54) is 0 Å². The fraction of sp³-hybridized carbons (Fsp3) is 0. The van der Waals surface area contributed by atoms with Gasteiger partial charge in [-0.15, -0.1) is 0 Å². The Balaban J connectivity index is 1.17. The highest BCUT2D eigenvalue weighted by molar-refractivity contribution is 6.13. The molecule has 8 nitrogen and oxygen atoms in total. The van der Waals surface area contributed by atoms with Gasteiger partial charge in [0.25, 0.3) is 0 Å². The molecule has 0 spiro atoms. The lowest BCUT2D eigenvalue weighted by atomic mass is 10.0. The van der Waals surface area contributed by atoms with Crippen LogP contribution >= 0.6 is 0 Å². The average molecular weight is 867 g/mol. The highest BCUT2D eigenvalue weighted by atomic mass is 15.1. The molecule has 314 valence electrons. The first-order valence-electron chi connectivity index (χ1n) is 22.1. The minimum atomic E-state index is 0.375. The van der Waals surface area contributed by atoms with Crippen molar-refractivity contribution < 1.29 is 0 Å². The maximum atomic E-state index is 11.3. The van der Waals surface area contributed by atoms with Gasteiger partial charge < -0.3 is 9.13 Å². The van der Waals surface area contributed by atoms with E-state index in [0.717, 1.165) is 88.4 Å². The van der Waals surface area contributed by atoms with Gasteiger partial charge in [-0.3, -0.25) is 0 Å². The molecule has 0 atom stereocenters. The summed E-state index contributed by atoms with van der Waals surface area (Å²) in [4.78, 5) is 15.2. The molecule has 3 heterocycles. The summed E-state index contributed by atoms with van der Waals surface area (Å²) in [5, 5.41) is 34.5. The van der Waals surface area contributed by atoms with E-state index >= 15 is 0 Å². The first kappa shape index (κ1) is 39.6. The van der Waals surface area contributed by atoms with Crippen LogP contribution in [0.4, 0.5) is 0 Å². The molecule has 0 N–H and O–H groups in total. The molecule has 12 aromatic rings. The van der Waals surface area contributed by atoms with Crippen molar-refractivity contribution in [3.05, 3.63) is 223 Å². The predicted octanol–water partition coefficient (Wildman–Crippen LogP) is 14.0. The van der Waals surface area contributed by atoms with E-state index < -0.39 is 0 Å². The van der Waals surface area contributed by atoms with Gasteiger partial charge in [-0.25, -0.2) is 15.0 Å². The van der Waals surface area contributed by atoms with Gasteiger partial charge in [0, 0.05) is 38.2 Å². The Kier molecular flexibility index (Phi) is 9.47. The van der Waals surface area contributed by atoms with E-state index in [0.29, 0.717) is 39.7 Å². The van der Waals surface area contributed by atoms with Crippen molar-refractivity contribution in [2.24, 2.45) is 0 Å². The minimum Gasteiger partial charge on any atom is -0.307 e. The van der Waals surface area contributed by atoms with Gasteiger partial charge >= 0.3 is 0 Å². The van der Waals surface area contributed by atoms with Gasteiger partial charge in [-0.05, 0) is 95.1 Å². The summed E-state index contributed by atoms with van der Waals surface area (Å²) in [6.07, 6.45) is 0. The van der Waals surface area contributed by atoms with Crippen molar-refractivity contribution in [1.29, 1.82) is 15.8 Å². The van der Waals surface area contributed by atoms with Crippen molar-refractivity contribution in [2.45, 2.75) is 0 Å². The SMILES string of the molecule is N#Cc1ccc(-c2ccc3c(c2)c2ccccc2n3-c2cc(C#N)c(-c3nc(-c4ccccc4)nc(-c4ccccc4)n3)cc2-n2c3ccccc3c3cc(-c4ccc(C#N)cc4)ccc32)cc1. The van der Waals surface area contributed by atoms with Crippen molar-refractivity contribution in [1.82, 2.24) is 24.1 Å². The van der Waals surface area contributed by atoms with Crippen LogP contribution in [0, 0.1) is 34.0 Å². The molecule has 0 aliphatic heterocycles. The number of fused-ring (bicyclic) bond motifs is 6. The Morgan fingerprint density at radius 2 is 0.706 bits per heavy atom. The molecule has 68 heavy (non-hydrogen) atoms. The summed E-state index contributed by atoms with van der Waals surface area (Å²) in [6.45, 7) is 0. The predicted molar refractivity (Wildman–Crippen MR) is 270 cm³/mol. The third kappa shape index (κ3) is 6.63. The van der Waals surface area contributed by atoms with Crippen LogP contribution in [0.3, 0.4) is 0 Å². The van der Waals surface area contributed by atoms with Crippen molar-refractivity contribution in [3.63, 3.8) is 0 Å². The molecule has 8 heteroatoms. The lowest BCUT2D eigenvalue weighted by Crippen LogP contribution is -2.07. The fourth-order valence-electron chi connectivity index (χ4n) is 9.44. The van der Waals surface area contributed by atoms with Crippen LogP contribution in [0.1, 0.15) is 16.7 Å². The second-order valence-electron chi connectivity index (χ2n) is 16.6. The van der Waals surface area contributed by atoms with Gasteiger partial charge in [-0.1, -0.05) is 133 Å². The Hall–Kier alpha value is -9.94. The van der Waals surface area contributed by atoms with E-state index in [1.807, 2.05) is 121 Å². The Labute approximate surface area is 390 Å². The molecular formula is C60H34N8. The molecule has 0 saturated heterocycles. The quantitative estimate of drug-likeness (QED) is 0.157. The highest BCUT2D eigenvalue weighted by Gasteiger charge is 2.24. The molecule has 0 radical (unpaired) electrons. The number of para-hydroxylation sites is 2. The summed E-state index contributed by atoms with van der Waals surface area (Å²) in [5.41, 5.74) is 13.4. The van der Waals surface area contributed by atoms with E-state index in [4.69, 9.17) is 15.0 Å². The third-order valence-electron chi connectivity index (χ3n) is 12.7. The van der Waals surface area contributed by atoms with Crippen LogP contribution in [0.2, 0.25) is 0 Å². The lowest BCUT2D eigenvalue weighted by molar-refractivity contribution is 1.06. The number of hydrogen-bond acceptors (Lipinski definition) is 6. The van der Waals surface area contributed by atoms with Crippen molar-refractivity contribution >= 4 is 43.6 Å². The van der Waals surface area contributed by atoms with Crippen LogP contribution < -0.4 is 0 Å². The summed E-state index contributed by atoms with van der Waals surface area (Å²) in [7, 11) is 0. The van der Waals surface area contributed by atoms with Crippen molar-refractivity contribution in [2.75, 3.05) is 0 Å². The summed E-state index contributed by atoms with van der Waals surface area (Å²) < 4.78 is 4.55. The Morgan fingerprint density at radius 3 is 1.16 bits per heavy atom. The van der Waals surface area contributed by atoms with Crippen LogP contribution in [-0.4, -0.2) is 24.1 Å². The second kappa shape index (κ2) is 16.2. The minimum absolute atomic E-state index is 0.375. The number of hydrogen-bond donors (Lipinski definition) is 0. The monoisotopic (exact) mass is 866 g/mol. The zero-order valence-corrected chi connectivity index (χ0v) is 36.2. The number of benzene rings is 9. The zero-order valence-electron chi connectivity index (χ0n) is 36.2. The summed E-state index contributed by atoms with van der Waals surface area (Å²) >= 11 is 0. The van der Waals surface area contributed by atoms with E-state index in [-0.39, 0.29) is 0 Å². The maximum absolute atomic E-state index is 11.3. The Bertz CT molecular complexity index is 4030. The molecule has 0 amide bonds. The third-order valence-corrected chi connectivity index (χ3v) is 12.7. The van der Waals surface area contributed by atoms with Crippen molar-refractivity contribution in [3.8, 4) is 86.0 Å². The maximum Gasteiger partial charge on any atom is 0.165 e. The Morgan fingerprint density at radius 1 is 0.309 bits per heavy atom. The lowest BCUT2D eigenvalue weighted by Gasteiger charge is -2.19. The topological polar surface area (TPSA) is 120 Å². The first-order valence-corrected chi connectivity index (χ1v) is 22.1.